The highest BCUT2D eigenvalue weighted by Gasteiger charge is 2.21. The average Bonchev–Trinajstić information content (AvgIpc) is 2.44. The molecule has 114 valence electrons. The van der Waals surface area contributed by atoms with Gasteiger partial charge in [0.1, 0.15) is 0 Å². The quantitative estimate of drug-likeness (QED) is 0.520. The van der Waals surface area contributed by atoms with Crippen LogP contribution in [0.25, 0.3) is 21.8 Å². The molecule has 0 fully saturated rings. The summed E-state index contributed by atoms with van der Waals surface area (Å²) in [6.07, 6.45) is 1.86. The van der Waals surface area contributed by atoms with Crippen molar-refractivity contribution in [1.29, 1.82) is 0 Å². The molecule has 2 heteroatoms. The maximum atomic E-state index is 4.94. The van der Waals surface area contributed by atoms with E-state index >= 15 is 0 Å². The number of hydrogen-bond donors (Lipinski definition) is 0. The summed E-state index contributed by atoms with van der Waals surface area (Å²) in [7, 11) is 0. The van der Waals surface area contributed by atoms with Crippen molar-refractivity contribution in [1.82, 2.24) is 9.97 Å². The lowest BCUT2D eigenvalue weighted by atomic mass is 9.83. The number of fused-ring (bicyclic) bond motifs is 3. The summed E-state index contributed by atoms with van der Waals surface area (Å²) in [6.45, 7) is 13.3. The Labute approximate surface area is 132 Å². The Morgan fingerprint density at radius 2 is 1.55 bits per heavy atom. The molecule has 1 aromatic carbocycles. The zero-order chi connectivity index (χ0) is 16.1. The minimum absolute atomic E-state index is 0.0397. The zero-order valence-corrected chi connectivity index (χ0v) is 14.4. The monoisotopic (exact) mass is 292 g/mol. The van der Waals surface area contributed by atoms with Crippen LogP contribution in [0.4, 0.5) is 0 Å². The van der Waals surface area contributed by atoms with Crippen molar-refractivity contribution < 1.29 is 0 Å². The Balaban J connectivity index is 2.44. The standard InChI is InChI=1S/C20H24N2/c1-19(2,3)15-12-13-9-10-16(20(4,5)6)22-17(13)18-14(15)8-7-11-21-18/h7-12H,1-6H3. The van der Waals surface area contributed by atoms with Gasteiger partial charge in [-0.15, -0.1) is 0 Å². The zero-order valence-electron chi connectivity index (χ0n) is 14.4. The van der Waals surface area contributed by atoms with Crippen LogP contribution in [0.5, 0.6) is 0 Å². The van der Waals surface area contributed by atoms with Gasteiger partial charge in [-0.1, -0.05) is 53.7 Å². The molecule has 2 aromatic heterocycles. The molecule has 3 rings (SSSR count). The van der Waals surface area contributed by atoms with Crippen LogP contribution in [-0.4, -0.2) is 9.97 Å². The first-order valence-electron chi connectivity index (χ1n) is 7.87. The lowest BCUT2D eigenvalue weighted by Crippen LogP contribution is -2.14. The third-order valence-corrected chi connectivity index (χ3v) is 4.12. The molecule has 0 unspecified atom stereocenters. The van der Waals surface area contributed by atoms with Crippen molar-refractivity contribution in [3.8, 4) is 0 Å². The summed E-state index contributed by atoms with van der Waals surface area (Å²) in [5.74, 6) is 0. The highest BCUT2D eigenvalue weighted by molar-refractivity contribution is 6.04. The number of rotatable bonds is 0. The van der Waals surface area contributed by atoms with Gasteiger partial charge in [-0.2, -0.15) is 0 Å². The van der Waals surface area contributed by atoms with E-state index in [9.17, 15) is 0 Å². The van der Waals surface area contributed by atoms with E-state index in [1.807, 2.05) is 12.3 Å². The molecule has 0 spiro atoms. The molecule has 0 N–H and O–H groups in total. The highest BCUT2D eigenvalue weighted by Crippen LogP contribution is 2.34. The van der Waals surface area contributed by atoms with Gasteiger partial charge in [-0.25, -0.2) is 4.98 Å². The summed E-state index contributed by atoms with van der Waals surface area (Å²) < 4.78 is 0. The fraction of sp³-hybridized carbons (Fsp3) is 0.400. The normalized spacial score (nSPS) is 13.0. The van der Waals surface area contributed by atoms with Crippen molar-refractivity contribution in [2.75, 3.05) is 0 Å². The molecule has 0 aliphatic carbocycles. The Morgan fingerprint density at radius 1 is 0.818 bits per heavy atom. The summed E-state index contributed by atoms with van der Waals surface area (Å²) in [5.41, 5.74) is 4.58. The molecule has 2 heterocycles. The van der Waals surface area contributed by atoms with Crippen LogP contribution < -0.4 is 0 Å². The summed E-state index contributed by atoms with van der Waals surface area (Å²) in [6, 6.07) is 10.8. The van der Waals surface area contributed by atoms with Crippen LogP contribution in [0, 0.1) is 0 Å². The second-order valence-electron chi connectivity index (χ2n) is 8.09. The van der Waals surface area contributed by atoms with Crippen LogP contribution in [0.15, 0.2) is 36.5 Å². The molecular weight excluding hydrogens is 268 g/mol. The number of benzene rings is 1. The molecule has 0 aliphatic heterocycles. The molecule has 0 bridgehead atoms. The van der Waals surface area contributed by atoms with Gasteiger partial charge in [0.15, 0.2) is 0 Å². The molecule has 0 amide bonds. The van der Waals surface area contributed by atoms with Gasteiger partial charge in [0.05, 0.1) is 11.0 Å². The van der Waals surface area contributed by atoms with E-state index in [1.54, 1.807) is 0 Å². The smallest absolute Gasteiger partial charge is 0.0968 e. The van der Waals surface area contributed by atoms with Gasteiger partial charge >= 0.3 is 0 Å². The van der Waals surface area contributed by atoms with Gasteiger partial charge < -0.3 is 0 Å². The fourth-order valence-electron chi connectivity index (χ4n) is 2.86. The predicted molar refractivity (Wildman–Crippen MR) is 94.4 cm³/mol. The Hall–Kier alpha value is -1.96. The average molecular weight is 292 g/mol. The van der Waals surface area contributed by atoms with E-state index in [0.29, 0.717) is 0 Å². The Morgan fingerprint density at radius 3 is 2.18 bits per heavy atom. The van der Waals surface area contributed by atoms with E-state index in [4.69, 9.17) is 4.98 Å². The third kappa shape index (κ3) is 2.47. The van der Waals surface area contributed by atoms with Crippen LogP contribution in [0.3, 0.4) is 0 Å². The Kier molecular flexibility index (Phi) is 3.24. The maximum Gasteiger partial charge on any atom is 0.0968 e. The summed E-state index contributed by atoms with van der Waals surface area (Å²) in [4.78, 5) is 9.58. The van der Waals surface area contributed by atoms with Crippen molar-refractivity contribution in [2.45, 2.75) is 52.4 Å². The van der Waals surface area contributed by atoms with Gasteiger partial charge in [0.25, 0.3) is 0 Å². The minimum atomic E-state index is 0.0397. The van der Waals surface area contributed by atoms with E-state index in [0.717, 1.165) is 16.7 Å². The maximum absolute atomic E-state index is 4.94. The van der Waals surface area contributed by atoms with Gasteiger partial charge in [0.2, 0.25) is 0 Å². The van der Waals surface area contributed by atoms with Crippen LogP contribution >= 0.6 is 0 Å². The third-order valence-electron chi connectivity index (χ3n) is 4.12. The van der Waals surface area contributed by atoms with Gasteiger partial charge in [0, 0.05) is 28.1 Å². The van der Waals surface area contributed by atoms with Gasteiger partial charge in [-0.05, 0) is 29.2 Å². The minimum Gasteiger partial charge on any atom is -0.254 e. The van der Waals surface area contributed by atoms with Crippen LogP contribution in [0.2, 0.25) is 0 Å². The molecule has 2 nitrogen and oxygen atoms in total. The largest absolute Gasteiger partial charge is 0.254 e. The lowest BCUT2D eigenvalue weighted by Gasteiger charge is -2.23. The molecule has 22 heavy (non-hydrogen) atoms. The second-order valence-corrected chi connectivity index (χ2v) is 8.09. The second kappa shape index (κ2) is 4.77. The number of aromatic nitrogens is 2. The predicted octanol–water partition coefficient (Wildman–Crippen LogP) is 5.38. The van der Waals surface area contributed by atoms with Crippen molar-refractivity contribution in [2.24, 2.45) is 0 Å². The number of nitrogens with zero attached hydrogens (tertiary/aromatic N) is 2. The molecule has 0 saturated carbocycles. The SMILES string of the molecule is CC(C)(C)c1ccc2cc(C(C)(C)C)c3cccnc3c2n1. The van der Waals surface area contributed by atoms with Crippen molar-refractivity contribution in [3.63, 3.8) is 0 Å². The number of pyridine rings is 2. The van der Waals surface area contributed by atoms with E-state index in [-0.39, 0.29) is 10.8 Å². The molecule has 0 saturated heterocycles. The Bertz CT molecular complexity index is 849. The van der Waals surface area contributed by atoms with E-state index < -0.39 is 0 Å². The molecule has 0 aliphatic rings. The fourth-order valence-corrected chi connectivity index (χ4v) is 2.86. The summed E-state index contributed by atoms with van der Waals surface area (Å²) in [5, 5.41) is 2.38. The summed E-state index contributed by atoms with van der Waals surface area (Å²) >= 11 is 0. The molecule has 3 aromatic rings. The van der Waals surface area contributed by atoms with Crippen molar-refractivity contribution in [3.05, 3.63) is 47.8 Å². The van der Waals surface area contributed by atoms with Crippen LogP contribution in [0.1, 0.15) is 52.8 Å². The number of hydrogen-bond acceptors (Lipinski definition) is 2. The molecular formula is C20H24N2. The lowest BCUT2D eigenvalue weighted by molar-refractivity contribution is 0.571. The first-order chi connectivity index (χ1) is 10.2. The van der Waals surface area contributed by atoms with Gasteiger partial charge in [-0.3, -0.25) is 4.98 Å². The molecule has 0 radical (unpaired) electrons. The first-order valence-corrected chi connectivity index (χ1v) is 7.87. The van der Waals surface area contributed by atoms with E-state index in [1.165, 1.54) is 16.3 Å². The van der Waals surface area contributed by atoms with Crippen molar-refractivity contribution >= 4 is 21.8 Å². The highest BCUT2D eigenvalue weighted by atomic mass is 14.8. The van der Waals surface area contributed by atoms with E-state index in [2.05, 4.69) is 70.8 Å². The topological polar surface area (TPSA) is 25.8 Å². The van der Waals surface area contributed by atoms with Crippen LogP contribution in [-0.2, 0) is 10.8 Å². The first kappa shape index (κ1) is 15.0. The molecule has 0 atom stereocenters.